The summed E-state index contributed by atoms with van der Waals surface area (Å²) in [6.45, 7) is 2.81. The Hall–Kier alpha value is -3.94. The number of hydrogen-bond donors (Lipinski definition) is 1. The summed E-state index contributed by atoms with van der Waals surface area (Å²) in [7, 11) is 1.89. The number of nitrogens with zero attached hydrogens (tertiary/aromatic N) is 3. The van der Waals surface area contributed by atoms with E-state index in [1.54, 1.807) is 36.5 Å². The van der Waals surface area contributed by atoms with Crippen molar-refractivity contribution in [2.24, 2.45) is 7.05 Å². The third kappa shape index (κ3) is 3.92. The highest BCUT2D eigenvalue weighted by molar-refractivity contribution is 6.34. The lowest BCUT2D eigenvalue weighted by Gasteiger charge is -2.14. The Morgan fingerprint density at radius 3 is 2.48 bits per heavy atom. The van der Waals surface area contributed by atoms with Crippen LogP contribution in [-0.2, 0) is 13.5 Å². The fourth-order valence-electron chi connectivity index (χ4n) is 3.50. The number of aromatic nitrogens is 2. The molecule has 0 fully saturated rings. The molecular formula is C23H22N4O4. The molecule has 3 amide bonds. The second kappa shape index (κ2) is 8.43. The van der Waals surface area contributed by atoms with Crippen molar-refractivity contribution in [3.8, 4) is 5.75 Å². The second-order valence-electron chi connectivity index (χ2n) is 7.09. The number of ether oxygens (including phenoxy) is 1. The molecular weight excluding hydrogens is 396 g/mol. The van der Waals surface area contributed by atoms with Crippen LogP contribution in [0.2, 0.25) is 0 Å². The number of hydrogen-bond acceptors (Lipinski definition) is 5. The molecule has 1 N–H and O–H groups in total. The number of imide groups is 1. The van der Waals surface area contributed by atoms with Crippen molar-refractivity contribution < 1.29 is 19.1 Å². The van der Waals surface area contributed by atoms with E-state index in [0.717, 1.165) is 10.7 Å². The van der Waals surface area contributed by atoms with Crippen molar-refractivity contribution in [2.75, 3.05) is 18.1 Å². The molecule has 0 saturated heterocycles. The van der Waals surface area contributed by atoms with Crippen LogP contribution in [0.25, 0.3) is 0 Å². The first-order valence-electron chi connectivity index (χ1n) is 9.99. The van der Waals surface area contributed by atoms with Crippen LogP contribution in [0.15, 0.2) is 54.9 Å². The van der Waals surface area contributed by atoms with Gasteiger partial charge in [0.1, 0.15) is 11.6 Å². The van der Waals surface area contributed by atoms with Gasteiger partial charge < -0.3 is 14.6 Å². The van der Waals surface area contributed by atoms with Crippen LogP contribution < -0.4 is 15.0 Å². The molecule has 0 radical (unpaired) electrons. The van der Waals surface area contributed by atoms with Crippen molar-refractivity contribution in [3.05, 3.63) is 77.4 Å². The Balaban J connectivity index is 1.48. The summed E-state index contributed by atoms with van der Waals surface area (Å²) in [6.07, 6.45) is 4.13. The minimum atomic E-state index is -0.452. The second-order valence-corrected chi connectivity index (χ2v) is 7.09. The molecule has 0 saturated carbocycles. The number of imidazole rings is 1. The SMILES string of the molecule is CCOc1ccc(N2C(=O)c3ccc(C(=O)NCCc4nccn4C)cc3C2=O)cc1. The molecule has 0 spiro atoms. The monoisotopic (exact) mass is 418 g/mol. The summed E-state index contributed by atoms with van der Waals surface area (Å²) in [5, 5.41) is 2.83. The van der Waals surface area contributed by atoms with Crippen molar-refractivity contribution in [2.45, 2.75) is 13.3 Å². The minimum Gasteiger partial charge on any atom is -0.494 e. The van der Waals surface area contributed by atoms with Gasteiger partial charge in [-0.15, -0.1) is 0 Å². The van der Waals surface area contributed by atoms with E-state index < -0.39 is 11.8 Å². The van der Waals surface area contributed by atoms with Crippen molar-refractivity contribution in [1.29, 1.82) is 0 Å². The number of carbonyl (C=O) groups excluding carboxylic acids is 3. The van der Waals surface area contributed by atoms with E-state index in [9.17, 15) is 14.4 Å². The van der Waals surface area contributed by atoms with Gasteiger partial charge in [0.05, 0.1) is 23.4 Å². The van der Waals surface area contributed by atoms with Gasteiger partial charge in [-0.25, -0.2) is 9.88 Å². The van der Waals surface area contributed by atoms with Gasteiger partial charge in [0, 0.05) is 38.0 Å². The molecule has 3 aromatic rings. The molecule has 31 heavy (non-hydrogen) atoms. The maximum Gasteiger partial charge on any atom is 0.266 e. The normalized spacial score (nSPS) is 12.8. The van der Waals surface area contributed by atoms with Crippen LogP contribution >= 0.6 is 0 Å². The Bertz CT molecular complexity index is 1150. The van der Waals surface area contributed by atoms with Crippen molar-refractivity contribution in [1.82, 2.24) is 14.9 Å². The predicted molar refractivity (Wildman–Crippen MR) is 114 cm³/mol. The minimum absolute atomic E-state index is 0.218. The number of carbonyl (C=O) groups is 3. The van der Waals surface area contributed by atoms with E-state index in [1.807, 2.05) is 24.7 Å². The van der Waals surface area contributed by atoms with Crippen LogP contribution in [0.4, 0.5) is 5.69 Å². The molecule has 8 nitrogen and oxygen atoms in total. The van der Waals surface area contributed by atoms with Crippen LogP contribution in [-0.4, -0.2) is 40.4 Å². The summed E-state index contributed by atoms with van der Waals surface area (Å²) in [5.74, 6) is 0.350. The van der Waals surface area contributed by atoms with Crippen LogP contribution in [0.5, 0.6) is 5.75 Å². The third-order valence-corrected chi connectivity index (χ3v) is 5.11. The highest BCUT2D eigenvalue weighted by atomic mass is 16.5. The lowest BCUT2D eigenvalue weighted by molar-refractivity contribution is 0.0923. The summed E-state index contributed by atoms with van der Waals surface area (Å²) < 4.78 is 7.30. The Labute approximate surface area is 179 Å². The summed E-state index contributed by atoms with van der Waals surface area (Å²) in [5.41, 5.74) is 1.28. The molecule has 0 bridgehead atoms. The van der Waals surface area contributed by atoms with E-state index in [0.29, 0.717) is 36.6 Å². The van der Waals surface area contributed by atoms with Gasteiger partial charge in [-0.2, -0.15) is 0 Å². The standard InChI is InChI=1S/C23H22N4O4/c1-3-31-17-7-5-16(6-8-17)27-22(29)18-9-4-15(14-19(18)23(27)30)21(28)25-11-10-20-24-12-13-26(20)2/h4-9,12-14H,3,10-11H2,1-2H3,(H,25,28). The van der Waals surface area contributed by atoms with Crippen LogP contribution in [0, 0.1) is 0 Å². The summed E-state index contributed by atoms with van der Waals surface area (Å²) >= 11 is 0. The quantitative estimate of drug-likeness (QED) is 0.596. The molecule has 0 atom stereocenters. The maximum atomic E-state index is 12.9. The fraction of sp³-hybridized carbons (Fsp3) is 0.217. The number of fused-ring (bicyclic) bond motifs is 1. The van der Waals surface area contributed by atoms with Gasteiger partial charge in [0.2, 0.25) is 0 Å². The molecule has 1 aliphatic rings. The molecule has 0 unspecified atom stereocenters. The average Bonchev–Trinajstić information content (AvgIpc) is 3.29. The van der Waals surface area contributed by atoms with Gasteiger partial charge in [-0.1, -0.05) is 0 Å². The Kier molecular flexibility index (Phi) is 5.53. The Morgan fingerprint density at radius 1 is 1.06 bits per heavy atom. The zero-order chi connectivity index (χ0) is 22.0. The topological polar surface area (TPSA) is 93.5 Å². The largest absolute Gasteiger partial charge is 0.494 e. The number of rotatable bonds is 7. The zero-order valence-electron chi connectivity index (χ0n) is 17.3. The van der Waals surface area contributed by atoms with E-state index >= 15 is 0 Å². The van der Waals surface area contributed by atoms with Gasteiger partial charge >= 0.3 is 0 Å². The average molecular weight is 418 g/mol. The first kappa shape index (κ1) is 20.3. The molecule has 4 rings (SSSR count). The molecule has 8 heteroatoms. The van der Waals surface area contributed by atoms with Gasteiger partial charge in [-0.3, -0.25) is 14.4 Å². The van der Waals surface area contributed by atoms with Crippen LogP contribution in [0.1, 0.15) is 43.8 Å². The van der Waals surface area contributed by atoms with Crippen molar-refractivity contribution in [3.63, 3.8) is 0 Å². The molecule has 2 aromatic carbocycles. The molecule has 158 valence electrons. The first-order chi connectivity index (χ1) is 15.0. The number of benzene rings is 2. The first-order valence-corrected chi connectivity index (χ1v) is 9.99. The summed E-state index contributed by atoms with van der Waals surface area (Å²) in [6, 6.07) is 11.3. The number of nitrogens with one attached hydrogen (secondary N) is 1. The van der Waals surface area contributed by atoms with E-state index in [4.69, 9.17) is 4.74 Å². The van der Waals surface area contributed by atoms with Gasteiger partial charge in [-0.05, 0) is 49.4 Å². The zero-order valence-corrected chi connectivity index (χ0v) is 17.3. The summed E-state index contributed by atoms with van der Waals surface area (Å²) in [4.78, 5) is 43.6. The molecule has 1 aromatic heterocycles. The third-order valence-electron chi connectivity index (χ3n) is 5.11. The van der Waals surface area contributed by atoms with E-state index in [2.05, 4.69) is 10.3 Å². The Morgan fingerprint density at radius 2 is 1.81 bits per heavy atom. The van der Waals surface area contributed by atoms with E-state index in [1.165, 1.54) is 12.1 Å². The number of anilines is 1. The highest BCUT2D eigenvalue weighted by Gasteiger charge is 2.37. The lowest BCUT2D eigenvalue weighted by atomic mass is 10.1. The van der Waals surface area contributed by atoms with Gasteiger partial charge in [0.15, 0.2) is 0 Å². The number of amides is 3. The predicted octanol–water partition coefficient (Wildman–Crippen LogP) is 2.59. The lowest BCUT2D eigenvalue weighted by Crippen LogP contribution is -2.29. The molecule has 1 aliphatic heterocycles. The smallest absolute Gasteiger partial charge is 0.266 e. The molecule has 2 heterocycles. The van der Waals surface area contributed by atoms with Gasteiger partial charge in [0.25, 0.3) is 17.7 Å². The molecule has 0 aliphatic carbocycles. The number of aryl methyl sites for hydroxylation is 1. The van der Waals surface area contributed by atoms with Crippen LogP contribution in [0.3, 0.4) is 0 Å². The highest BCUT2D eigenvalue weighted by Crippen LogP contribution is 2.30. The van der Waals surface area contributed by atoms with Crippen molar-refractivity contribution >= 4 is 23.4 Å². The maximum absolute atomic E-state index is 12.9. The fourth-order valence-corrected chi connectivity index (χ4v) is 3.50. The van der Waals surface area contributed by atoms with E-state index in [-0.39, 0.29) is 17.0 Å².